The molecular formula is C8H18Si2. The SMILES string of the molecule is C=C[SiH](C)CC[SiH](C)C=C. The highest BCUT2D eigenvalue weighted by atomic mass is 28.3. The smallest absolute Gasteiger partial charge is 0.0574 e. The standard InChI is InChI=1S/C8H18Si2/c1-5-9(3)7-8-10(4)6-2/h5-6,9-10H,1-2,7-8H2,3-4H3. The molecule has 0 rings (SSSR count). The van der Waals surface area contributed by atoms with Gasteiger partial charge in [-0.05, 0) is 0 Å². The molecule has 0 aromatic carbocycles. The Labute approximate surface area is 67.9 Å². The van der Waals surface area contributed by atoms with E-state index in [0.29, 0.717) is 0 Å². The van der Waals surface area contributed by atoms with Gasteiger partial charge in [-0.3, -0.25) is 0 Å². The molecule has 2 unspecified atom stereocenters. The zero-order chi connectivity index (χ0) is 7.98. The molecule has 2 atom stereocenters. The second kappa shape index (κ2) is 5.68. The van der Waals surface area contributed by atoms with Gasteiger partial charge < -0.3 is 0 Å². The van der Waals surface area contributed by atoms with E-state index in [9.17, 15) is 0 Å². The Hall–Kier alpha value is -0.0862. The minimum absolute atomic E-state index is 0.501. The summed E-state index contributed by atoms with van der Waals surface area (Å²) in [6.07, 6.45) is 0. The Bertz CT molecular complexity index is 95.8. The van der Waals surface area contributed by atoms with Crippen LogP contribution in [-0.2, 0) is 0 Å². The highest BCUT2D eigenvalue weighted by molar-refractivity contribution is 6.68. The first-order valence-corrected chi connectivity index (χ1v) is 9.23. The Morgan fingerprint density at radius 3 is 1.50 bits per heavy atom. The van der Waals surface area contributed by atoms with Crippen molar-refractivity contribution >= 4 is 17.6 Å². The summed E-state index contributed by atoms with van der Waals surface area (Å²) in [5.41, 5.74) is 4.34. The second-order valence-corrected chi connectivity index (χ2v) is 9.01. The van der Waals surface area contributed by atoms with Crippen LogP contribution in [0.5, 0.6) is 0 Å². The maximum absolute atomic E-state index is 3.82. The highest BCUT2D eigenvalue weighted by Crippen LogP contribution is 2.03. The van der Waals surface area contributed by atoms with Gasteiger partial charge in [0.05, 0.1) is 17.6 Å². The monoisotopic (exact) mass is 170 g/mol. The minimum Gasteiger partial charge on any atom is -0.107 e. The van der Waals surface area contributed by atoms with Crippen LogP contribution in [0.1, 0.15) is 0 Å². The molecule has 0 aliphatic carbocycles. The first kappa shape index (κ1) is 9.91. The van der Waals surface area contributed by atoms with Gasteiger partial charge in [0.1, 0.15) is 0 Å². The molecular weight excluding hydrogens is 152 g/mol. The lowest BCUT2D eigenvalue weighted by Gasteiger charge is -2.05. The van der Waals surface area contributed by atoms with Crippen LogP contribution in [0.3, 0.4) is 0 Å². The third-order valence-corrected chi connectivity index (χ3v) is 6.65. The molecule has 0 fully saturated rings. The molecule has 0 aliphatic rings. The normalized spacial score (nSPS) is 15.8. The number of rotatable bonds is 5. The molecule has 2 heteroatoms. The van der Waals surface area contributed by atoms with E-state index in [-0.39, 0.29) is 0 Å². The maximum atomic E-state index is 3.82. The topological polar surface area (TPSA) is 0 Å². The van der Waals surface area contributed by atoms with Crippen molar-refractivity contribution in [3.05, 3.63) is 24.6 Å². The Morgan fingerprint density at radius 1 is 1.00 bits per heavy atom. The van der Waals surface area contributed by atoms with E-state index in [1.807, 2.05) is 0 Å². The van der Waals surface area contributed by atoms with Crippen LogP contribution in [-0.4, -0.2) is 17.6 Å². The summed E-state index contributed by atoms with van der Waals surface area (Å²) in [5.74, 6) is 0. The zero-order valence-electron chi connectivity index (χ0n) is 7.14. The van der Waals surface area contributed by atoms with Crippen LogP contribution in [0.2, 0.25) is 25.2 Å². The molecule has 0 nitrogen and oxygen atoms in total. The summed E-state index contributed by atoms with van der Waals surface area (Å²) < 4.78 is 0. The minimum atomic E-state index is -0.501. The van der Waals surface area contributed by atoms with Gasteiger partial charge in [0.2, 0.25) is 0 Å². The molecule has 0 aromatic heterocycles. The summed E-state index contributed by atoms with van der Waals surface area (Å²) in [5, 5.41) is 0. The molecule has 0 saturated heterocycles. The van der Waals surface area contributed by atoms with Crippen molar-refractivity contribution in [1.82, 2.24) is 0 Å². The quantitative estimate of drug-likeness (QED) is 0.555. The van der Waals surface area contributed by atoms with Crippen LogP contribution in [0.15, 0.2) is 24.6 Å². The van der Waals surface area contributed by atoms with E-state index in [2.05, 4.69) is 37.7 Å². The van der Waals surface area contributed by atoms with Gasteiger partial charge >= 0.3 is 0 Å². The average Bonchev–Trinajstić information content (AvgIpc) is 1.99. The lowest BCUT2D eigenvalue weighted by Crippen LogP contribution is -2.08. The summed E-state index contributed by atoms with van der Waals surface area (Å²) in [7, 11) is -1.00. The van der Waals surface area contributed by atoms with E-state index in [1.165, 1.54) is 12.1 Å². The average molecular weight is 170 g/mol. The number of hydrogen-bond acceptors (Lipinski definition) is 0. The van der Waals surface area contributed by atoms with Crippen molar-refractivity contribution in [2.45, 2.75) is 25.2 Å². The van der Waals surface area contributed by atoms with E-state index in [0.717, 1.165) is 0 Å². The van der Waals surface area contributed by atoms with E-state index in [4.69, 9.17) is 0 Å². The number of hydrogen-bond donors (Lipinski definition) is 0. The molecule has 58 valence electrons. The molecule has 10 heavy (non-hydrogen) atoms. The molecule has 0 radical (unpaired) electrons. The first-order chi connectivity index (χ1) is 4.70. The molecule has 0 bridgehead atoms. The fraction of sp³-hybridized carbons (Fsp3) is 0.500. The van der Waals surface area contributed by atoms with Gasteiger partial charge in [-0.15, -0.1) is 24.6 Å². The van der Waals surface area contributed by atoms with Crippen LogP contribution < -0.4 is 0 Å². The first-order valence-electron chi connectivity index (χ1n) is 3.95. The molecule has 0 spiro atoms. The second-order valence-electron chi connectivity index (χ2n) is 3.00. The van der Waals surface area contributed by atoms with Gasteiger partial charge in [0.25, 0.3) is 0 Å². The predicted molar refractivity (Wildman–Crippen MR) is 56.0 cm³/mol. The fourth-order valence-corrected chi connectivity index (χ4v) is 5.44. The Balaban J connectivity index is 3.34. The van der Waals surface area contributed by atoms with Gasteiger partial charge in [0, 0.05) is 0 Å². The van der Waals surface area contributed by atoms with Crippen LogP contribution in [0.25, 0.3) is 0 Å². The van der Waals surface area contributed by atoms with E-state index in [1.54, 1.807) is 0 Å². The fourth-order valence-electron chi connectivity index (χ4n) is 0.761. The molecule has 0 N–H and O–H groups in total. The zero-order valence-corrected chi connectivity index (χ0v) is 9.45. The summed E-state index contributed by atoms with van der Waals surface area (Å²) in [4.78, 5) is 0. The van der Waals surface area contributed by atoms with Crippen molar-refractivity contribution in [3.63, 3.8) is 0 Å². The van der Waals surface area contributed by atoms with Crippen molar-refractivity contribution in [3.8, 4) is 0 Å². The lowest BCUT2D eigenvalue weighted by molar-refractivity contribution is 1.37. The highest BCUT2D eigenvalue weighted by Gasteiger charge is 2.01. The van der Waals surface area contributed by atoms with E-state index >= 15 is 0 Å². The van der Waals surface area contributed by atoms with Crippen molar-refractivity contribution in [2.24, 2.45) is 0 Å². The Kier molecular flexibility index (Phi) is 5.63. The van der Waals surface area contributed by atoms with Gasteiger partial charge in [-0.2, -0.15) is 0 Å². The third kappa shape index (κ3) is 4.76. The lowest BCUT2D eigenvalue weighted by atomic mass is 10.9. The van der Waals surface area contributed by atoms with Gasteiger partial charge in [0.15, 0.2) is 0 Å². The third-order valence-electron chi connectivity index (χ3n) is 1.88. The largest absolute Gasteiger partial charge is 0.107 e. The summed E-state index contributed by atoms with van der Waals surface area (Å²) >= 11 is 0. The van der Waals surface area contributed by atoms with Crippen molar-refractivity contribution in [1.29, 1.82) is 0 Å². The summed E-state index contributed by atoms with van der Waals surface area (Å²) in [6, 6.07) is 2.87. The Morgan fingerprint density at radius 2 is 1.30 bits per heavy atom. The molecule has 0 amide bonds. The van der Waals surface area contributed by atoms with Crippen molar-refractivity contribution < 1.29 is 0 Å². The molecule has 0 aromatic rings. The molecule has 0 saturated carbocycles. The molecule has 0 heterocycles. The summed E-state index contributed by atoms with van der Waals surface area (Å²) in [6.45, 7) is 12.3. The van der Waals surface area contributed by atoms with E-state index < -0.39 is 17.6 Å². The van der Waals surface area contributed by atoms with Gasteiger partial charge in [-0.25, -0.2) is 0 Å². The van der Waals surface area contributed by atoms with Crippen LogP contribution in [0, 0.1) is 0 Å². The van der Waals surface area contributed by atoms with Crippen LogP contribution in [0.4, 0.5) is 0 Å². The molecule has 0 aliphatic heterocycles. The van der Waals surface area contributed by atoms with Gasteiger partial charge in [-0.1, -0.05) is 25.2 Å². The predicted octanol–water partition coefficient (Wildman–Crippen LogP) is 2.15. The van der Waals surface area contributed by atoms with Crippen LogP contribution >= 0.6 is 0 Å². The maximum Gasteiger partial charge on any atom is 0.0574 e. The van der Waals surface area contributed by atoms with Crippen molar-refractivity contribution in [2.75, 3.05) is 0 Å².